The fourth-order valence-corrected chi connectivity index (χ4v) is 1.76. The van der Waals surface area contributed by atoms with Crippen LogP contribution in [-0.2, 0) is 4.79 Å². The fourth-order valence-electron chi connectivity index (χ4n) is 1.76. The molecule has 3 N–H and O–H groups in total. The summed E-state index contributed by atoms with van der Waals surface area (Å²) in [6.07, 6.45) is 1.19. The standard InChI is InChI=1S/C11H13FN4O2/c12-7-5-8(10(13)15-6-7)11(18)16-3-1-9(17)14-2-4-16/h5-6H,1-4H2,(H2,13,15)(H,14,17). The topological polar surface area (TPSA) is 88.3 Å². The Kier molecular flexibility index (Phi) is 3.40. The van der Waals surface area contributed by atoms with Crippen molar-refractivity contribution in [2.75, 3.05) is 25.4 Å². The van der Waals surface area contributed by atoms with Crippen LogP contribution in [0.5, 0.6) is 0 Å². The molecule has 1 aromatic heterocycles. The summed E-state index contributed by atoms with van der Waals surface area (Å²) in [6.45, 7) is 1.05. The normalized spacial score (nSPS) is 16.1. The van der Waals surface area contributed by atoms with Gasteiger partial charge in [0.15, 0.2) is 0 Å². The van der Waals surface area contributed by atoms with Crippen molar-refractivity contribution in [2.45, 2.75) is 6.42 Å². The predicted molar refractivity (Wildman–Crippen MR) is 62.1 cm³/mol. The Hall–Kier alpha value is -2.18. The molecule has 2 heterocycles. The van der Waals surface area contributed by atoms with Gasteiger partial charge < -0.3 is 16.0 Å². The van der Waals surface area contributed by atoms with E-state index in [-0.39, 0.29) is 23.7 Å². The van der Waals surface area contributed by atoms with Crippen molar-refractivity contribution in [2.24, 2.45) is 0 Å². The largest absolute Gasteiger partial charge is 0.383 e. The highest BCUT2D eigenvalue weighted by Crippen LogP contribution is 2.13. The Balaban J connectivity index is 2.19. The van der Waals surface area contributed by atoms with Gasteiger partial charge in [0.25, 0.3) is 5.91 Å². The zero-order valence-corrected chi connectivity index (χ0v) is 9.65. The van der Waals surface area contributed by atoms with Crippen LogP contribution in [0.1, 0.15) is 16.8 Å². The highest BCUT2D eigenvalue weighted by Gasteiger charge is 2.22. The number of nitrogens with two attached hydrogens (primary N) is 1. The minimum atomic E-state index is -0.614. The minimum absolute atomic E-state index is 0.00932. The van der Waals surface area contributed by atoms with Crippen LogP contribution in [0.25, 0.3) is 0 Å². The Morgan fingerprint density at radius 1 is 1.50 bits per heavy atom. The Bertz CT molecular complexity index is 492. The number of anilines is 1. The first-order chi connectivity index (χ1) is 8.58. The van der Waals surface area contributed by atoms with E-state index in [1.807, 2.05) is 0 Å². The van der Waals surface area contributed by atoms with E-state index in [2.05, 4.69) is 10.3 Å². The molecule has 6 nitrogen and oxygen atoms in total. The SMILES string of the molecule is Nc1ncc(F)cc1C(=O)N1CCNC(=O)CC1. The van der Waals surface area contributed by atoms with Crippen molar-refractivity contribution in [1.29, 1.82) is 0 Å². The number of pyridine rings is 1. The smallest absolute Gasteiger partial charge is 0.257 e. The van der Waals surface area contributed by atoms with Crippen molar-refractivity contribution in [3.05, 3.63) is 23.6 Å². The van der Waals surface area contributed by atoms with Crippen LogP contribution in [0.4, 0.5) is 10.2 Å². The molecule has 96 valence electrons. The van der Waals surface area contributed by atoms with Gasteiger partial charge in [-0.15, -0.1) is 0 Å². The lowest BCUT2D eigenvalue weighted by atomic mass is 10.2. The third-order valence-corrected chi connectivity index (χ3v) is 2.72. The number of halogens is 1. The number of nitrogens with zero attached hydrogens (tertiary/aromatic N) is 2. The van der Waals surface area contributed by atoms with E-state index in [0.717, 1.165) is 12.3 Å². The molecule has 1 aromatic rings. The summed E-state index contributed by atoms with van der Waals surface area (Å²) in [5, 5.41) is 2.65. The van der Waals surface area contributed by atoms with Gasteiger partial charge in [0.1, 0.15) is 11.6 Å². The second kappa shape index (κ2) is 4.99. The maximum absolute atomic E-state index is 13.1. The number of carbonyl (C=O) groups is 2. The third-order valence-electron chi connectivity index (χ3n) is 2.72. The van der Waals surface area contributed by atoms with E-state index in [9.17, 15) is 14.0 Å². The minimum Gasteiger partial charge on any atom is -0.383 e. The zero-order valence-electron chi connectivity index (χ0n) is 9.65. The lowest BCUT2D eigenvalue weighted by molar-refractivity contribution is -0.120. The van der Waals surface area contributed by atoms with Crippen molar-refractivity contribution < 1.29 is 14.0 Å². The van der Waals surface area contributed by atoms with Crippen molar-refractivity contribution >= 4 is 17.6 Å². The Morgan fingerprint density at radius 2 is 2.28 bits per heavy atom. The lowest BCUT2D eigenvalue weighted by Crippen LogP contribution is -2.34. The molecule has 1 aliphatic rings. The molecular formula is C11H13FN4O2. The fraction of sp³-hybridized carbons (Fsp3) is 0.364. The van der Waals surface area contributed by atoms with Gasteiger partial charge in [-0.2, -0.15) is 0 Å². The van der Waals surface area contributed by atoms with Crippen molar-refractivity contribution in [3.63, 3.8) is 0 Å². The molecule has 0 bridgehead atoms. The van der Waals surface area contributed by atoms with Crippen LogP contribution in [0.3, 0.4) is 0 Å². The number of carbonyl (C=O) groups excluding carboxylic acids is 2. The first kappa shape index (κ1) is 12.3. The van der Waals surface area contributed by atoms with Crippen LogP contribution in [-0.4, -0.2) is 41.3 Å². The molecule has 2 amide bonds. The van der Waals surface area contributed by atoms with Crippen LogP contribution < -0.4 is 11.1 Å². The first-order valence-electron chi connectivity index (χ1n) is 5.55. The molecule has 0 spiro atoms. The van der Waals surface area contributed by atoms with E-state index in [4.69, 9.17) is 5.73 Å². The maximum Gasteiger partial charge on any atom is 0.257 e. The van der Waals surface area contributed by atoms with Gasteiger partial charge in [-0.25, -0.2) is 9.37 Å². The summed E-state index contributed by atoms with van der Waals surface area (Å²) in [6, 6.07) is 1.06. The van der Waals surface area contributed by atoms with Crippen molar-refractivity contribution in [3.8, 4) is 0 Å². The monoisotopic (exact) mass is 252 g/mol. The summed E-state index contributed by atoms with van der Waals surface area (Å²) >= 11 is 0. The van der Waals surface area contributed by atoms with E-state index in [0.29, 0.717) is 19.6 Å². The highest BCUT2D eigenvalue weighted by atomic mass is 19.1. The second-order valence-electron chi connectivity index (χ2n) is 3.98. The molecule has 0 aromatic carbocycles. The summed E-state index contributed by atoms with van der Waals surface area (Å²) in [7, 11) is 0. The Labute approximate surface area is 103 Å². The van der Waals surface area contributed by atoms with Gasteiger partial charge in [-0.05, 0) is 6.07 Å². The number of aromatic nitrogens is 1. The van der Waals surface area contributed by atoms with Gasteiger partial charge in [0.05, 0.1) is 11.8 Å². The van der Waals surface area contributed by atoms with Gasteiger partial charge in [-0.3, -0.25) is 9.59 Å². The maximum atomic E-state index is 13.1. The average molecular weight is 252 g/mol. The molecule has 0 atom stereocenters. The van der Waals surface area contributed by atoms with Gasteiger partial charge in [-0.1, -0.05) is 0 Å². The first-order valence-corrected chi connectivity index (χ1v) is 5.55. The van der Waals surface area contributed by atoms with Crippen LogP contribution in [0, 0.1) is 5.82 Å². The summed E-state index contributed by atoms with van der Waals surface area (Å²) in [4.78, 5) is 28.4. The number of nitrogens with one attached hydrogen (secondary N) is 1. The summed E-state index contributed by atoms with van der Waals surface area (Å²) < 4.78 is 13.1. The predicted octanol–water partition coefficient (Wildman–Crippen LogP) is -0.235. The van der Waals surface area contributed by atoms with Crippen LogP contribution in [0.2, 0.25) is 0 Å². The molecule has 1 fully saturated rings. The number of amides is 2. The molecule has 1 aliphatic heterocycles. The van der Waals surface area contributed by atoms with Gasteiger partial charge in [0, 0.05) is 26.1 Å². The molecule has 7 heteroatoms. The molecule has 1 saturated heterocycles. The molecule has 0 saturated carbocycles. The van der Waals surface area contributed by atoms with Crippen molar-refractivity contribution in [1.82, 2.24) is 15.2 Å². The second-order valence-corrected chi connectivity index (χ2v) is 3.98. The van der Waals surface area contributed by atoms with E-state index >= 15 is 0 Å². The van der Waals surface area contributed by atoms with E-state index in [1.165, 1.54) is 4.90 Å². The molecular weight excluding hydrogens is 239 g/mol. The zero-order chi connectivity index (χ0) is 13.1. The van der Waals surface area contributed by atoms with Gasteiger partial charge in [0.2, 0.25) is 5.91 Å². The Morgan fingerprint density at radius 3 is 3.06 bits per heavy atom. The molecule has 0 unspecified atom stereocenters. The summed E-state index contributed by atoms with van der Waals surface area (Å²) in [5.41, 5.74) is 5.59. The van der Waals surface area contributed by atoms with Crippen LogP contribution in [0.15, 0.2) is 12.3 Å². The third kappa shape index (κ3) is 2.55. The van der Waals surface area contributed by atoms with E-state index < -0.39 is 11.7 Å². The van der Waals surface area contributed by atoms with Gasteiger partial charge >= 0.3 is 0 Å². The summed E-state index contributed by atoms with van der Waals surface area (Å²) in [5.74, 6) is -1.13. The number of rotatable bonds is 1. The molecule has 2 rings (SSSR count). The highest BCUT2D eigenvalue weighted by molar-refractivity contribution is 5.98. The number of nitrogen functional groups attached to an aromatic ring is 1. The lowest BCUT2D eigenvalue weighted by Gasteiger charge is -2.19. The molecule has 18 heavy (non-hydrogen) atoms. The molecule has 0 radical (unpaired) electrons. The number of hydrogen-bond donors (Lipinski definition) is 2. The average Bonchev–Trinajstić information content (AvgIpc) is 2.56. The number of hydrogen-bond acceptors (Lipinski definition) is 4. The van der Waals surface area contributed by atoms with Crippen LogP contribution >= 0.6 is 0 Å². The quantitative estimate of drug-likeness (QED) is 0.722. The molecule has 0 aliphatic carbocycles. The van der Waals surface area contributed by atoms with E-state index in [1.54, 1.807) is 0 Å².